The Labute approximate surface area is 99.7 Å². The van der Waals surface area contributed by atoms with E-state index in [0.717, 1.165) is 6.42 Å². The number of anilines is 1. The number of carbonyl (C=O) groups is 2. The highest BCUT2D eigenvalue weighted by atomic mass is 16.5. The van der Waals surface area contributed by atoms with Crippen LogP contribution in [-0.4, -0.2) is 25.8 Å². The van der Waals surface area contributed by atoms with Crippen LogP contribution < -0.4 is 5.32 Å². The molecule has 0 radical (unpaired) electrons. The fourth-order valence-electron chi connectivity index (χ4n) is 1.22. The zero-order valence-corrected chi connectivity index (χ0v) is 9.86. The van der Waals surface area contributed by atoms with Crippen LogP contribution in [0, 0.1) is 0 Å². The van der Waals surface area contributed by atoms with Crippen LogP contribution in [0.5, 0.6) is 0 Å². The maximum atomic E-state index is 11.4. The molecule has 5 nitrogen and oxygen atoms in total. The largest absolute Gasteiger partial charge is 0.465 e. The molecule has 17 heavy (non-hydrogen) atoms. The highest BCUT2D eigenvalue weighted by Crippen LogP contribution is 2.16. The molecule has 1 aromatic rings. The molecule has 0 aliphatic rings. The minimum absolute atomic E-state index is 0.295. The number of methoxy groups -OCH3 is 1. The van der Waals surface area contributed by atoms with Crippen LogP contribution in [0.1, 0.15) is 23.7 Å². The van der Waals surface area contributed by atoms with Gasteiger partial charge in [-0.25, -0.2) is 9.59 Å². The predicted octanol–water partition coefficient (Wildman–Crippen LogP) is 2.43. The van der Waals surface area contributed by atoms with Gasteiger partial charge in [-0.05, 0) is 18.6 Å². The Bertz CT molecular complexity index is 403. The topological polar surface area (TPSA) is 64.6 Å². The van der Waals surface area contributed by atoms with E-state index in [0.29, 0.717) is 17.9 Å². The van der Waals surface area contributed by atoms with Gasteiger partial charge in [-0.2, -0.15) is 0 Å². The third kappa shape index (κ3) is 3.79. The molecule has 0 heterocycles. The first-order valence-electron chi connectivity index (χ1n) is 5.30. The lowest BCUT2D eigenvalue weighted by molar-refractivity contribution is 0.0602. The second kappa shape index (κ2) is 6.52. The van der Waals surface area contributed by atoms with Gasteiger partial charge in [0.2, 0.25) is 0 Å². The van der Waals surface area contributed by atoms with Crippen molar-refractivity contribution >= 4 is 17.7 Å². The van der Waals surface area contributed by atoms with Crippen molar-refractivity contribution in [2.75, 3.05) is 19.0 Å². The van der Waals surface area contributed by atoms with E-state index >= 15 is 0 Å². The molecule has 0 saturated carbocycles. The van der Waals surface area contributed by atoms with E-state index in [9.17, 15) is 9.59 Å². The number of rotatable bonds is 4. The number of benzene rings is 1. The fourth-order valence-corrected chi connectivity index (χ4v) is 1.22. The van der Waals surface area contributed by atoms with Crippen molar-refractivity contribution in [2.45, 2.75) is 13.3 Å². The Kier molecular flexibility index (Phi) is 5.00. The van der Waals surface area contributed by atoms with Crippen molar-refractivity contribution in [3.05, 3.63) is 29.8 Å². The first kappa shape index (κ1) is 13.0. The number of para-hydroxylation sites is 1. The predicted molar refractivity (Wildman–Crippen MR) is 63.0 cm³/mol. The molecule has 0 atom stereocenters. The van der Waals surface area contributed by atoms with E-state index in [1.165, 1.54) is 7.11 Å². The summed E-state index contributed by atoms with van der Waals surface area (Å²) in [5.41, 5.74) is 0.670. The minimum Gasteiger partial charge on any atom is -0.465 e. The summed E-state index contributed by atoms with van der Waals surface area (Å²) in [6, 6.07) is 6.58. The summed E-state index contributed by atoms with van der Waals surface area (Å²) in [5.74, 6) is -0.503. The molecule has 0 unspecified atom stereocenters. The molecule has 0 spiro atoms. The van der Waals surface area contributed by atoms with Crippen LogP contribution >= 0.6 is 0 Å². The molecule has 1 N–H and O–H groups in total. The lowest BCUT2D eigenvalue weighted by Crippen LogP contribution is -2.16. The number of ether oxygens (including phenoxy) is 2. The van der Waals surface area contributed by atoms with Crippen LogP contribution in [-0.2, 0) is 9.47 Å². The van der Waals surface area contributed by atoms with Crippen LogP contribution in [0.2, 0.25) is 0 Å². The van der Waals surface area contributed by atoms with E-state index in [4.69, 9.17) is 4.74 Å². The quantitative estimate of drug-likeness (QED) is 0.817. The van der Waals surface area contributed by atoms with Crippen molar-refractivity contribution in [3.63, 3.8) is 0 Å². The van der Waals surface area contributed by atoms with Crippen molar-refractivity contribution in [3.8, 4) is 0 Å². The molecular formula is C12H15NO4. The summed E-state index contributed by atoms with van der Waals surface area (Å²) in [4.78, 5) is 22.8. The van der Waals surface area contributed by atoms with Gasteiger partial charge in [0.25, 0.3) is 0 Å². The van der Waals surface area contributed by atoms with Crippen LogP contribution in [0.15, 0.2) is 24.3 Å². The van der Waals surface area contributed by atoms with Gasteiger partial charge < -0.3 is 9.47 Å². The van der Waals surface area contributed by atoms with Gasteiger partial charge in [0, 0.05) is 0 Å². The molecule has 5 heteroatoms. The molecule has 92 valence electrons. The standard InChI is InChI=1S/C12H15NO4/c1-3-8-17-12(15)13-10-7-5-4-6-9(10)11(14)16-2/h4-7H,3,8H2,1-2H3,(H,13,15). The Balaban J connectivity index is 2.76. The van der Waals surface area contributed by atoms with Crippen molar-refractivity contribution < 1.29 is 19.1 Å². The van der Waals surface area contributed by atoms with Gasteiger partial charge >= 0.3 is 12.1 Å². The zero-order valence-electron chi connectivity index (χ0n) is 9.86. The summed E-state index contributed by atoms with van der Waals surface area (Å²) >= 11 is 0. The molecule has 0 saturated heterocycles. The van der Waals surface area contributed by atoms with Crippen molar-refractivity contribution in [2.24, 2.45) is 0 Å². The van der Waals surface area contributed by atoms with Crippen LogP contribution in [0.25, 0.3) is 0 Å². The van der Waals surface area contributed by atoms with E-state index in [1.807, 2.05) is 6.92 Å². The van der Waals surface area contributed by atoms with Gasteiger partial charge in [-0.15, -0.1) is 0 Å². The Morgan fingerprint density at radius 1 is 1.29 bits per heavy atom. The second-order valence-corrected chi connectivity index (χ2v) is 3.30. The number of hydrogen-bond acceptors (Lipinski definition) is 4. The Morgan fingerprint density at radius 3 is 2.65 bits per heavy atom. The third-order valence-electron chi connectivity index (χ3n) is 2.01. The molecule has 1 rings (SSSR count). The fraction of sp³-hybridized carbons (Fsp3) is 0.333. The Hall–Kier alpha value is -2.04. The third-order valence-corrected chi connectivity index (χ3v) is 2.01. The summed E-state index contributed by atoms with van der Waals surface area (Å²) in [7, 11) is 1.29. The van der Waals surface area contributed by atoms with E-state index < -0.39 is 12.1 Å². The van der Waals surface area contributed by atoms with Gasteiger partial charge in [-0.3, -0.25) is 5.32 Å². The molecule has 1 amide bonds. The normalized spacial score (nSPS) is 9.53. The van der Waals surface area contributed by atoms with E-state index in [1.54, 1.807) is 24.3 Å². The minimum atomic E-state index is -0.580. The zero-order chi connectivity index (χ0) is 12.7. The molecule has 0 aliphatic carbocycles. The van der Waals surface area contributed by atoms with E-state index in [-0.39, 0.29) is 0 Å². The lowest BCUT2D eigenvalue weighted by atomic mass is 10.2. The number of carbonyl (C=O) groups excluding carboxylic acids is 2. The van der Waals surface area contributed by atoms with Gasteiger partial charge in [0.1, 0.15) is 0 Å². The second-order valence-electron chi connectivity index (χ2n) is 3.30. The number of esters is 1. The maximum Gasteiger partial charge on any atom is 0.411 e. The molecule has 1 aromatic carbocycles. The molecular weight excluding hydrogens is 222 g/mol. The van der Waals surface area contributed by atoms with E-state index in [2.05, 4.69) is 10.1 Å². The lowest BCUT2D eigenvalue weighted by Gasteiger charge is -2.09. The SMILES string of the molecule is CCCOC(=O)Nc1ccccc1C(=O)OC. The van der Waals surface area contributed by atoms with Gasteiger partial charge in [0.15, 0.2) is 0 Å². The highest BCUT2D eigenvalue weighted by Gasteiger charge is 2.13. The summed E-state index contributed by atoms with van der Waals surface area (Å²) in [6.07, 6.45) is 0.162. The molecule has 0 bridgehead atoms. The molecule has 0 aliphatic heterocycles. The average molecular weight is 237 g/mol. The van der Waals surface area contributed by atoms with Gasteiger partial charge in [-0.1, -0.05) is 19.1 Å². The first-order valence-corrected chi connectivity index (χ1v) is 5.30. The smallest absolute Gasteiger partial charge is 0.411 e. The molecule has 0 fully saturated rings. The number of hydrogen-bond donors (Lipinski definition) is 1. The summed E-state index contributed by atoms with van der Waals surface area (Å²) in [6.45, 7) is 2.24. The summed E-state index contributed by atoms with van der Waals surface area (Å²) < 4.78 is 9.47. The molecule has 0 aromatic heterocycles. The van der Waals surface area contributed by atoms with Crippen LogP contribution in [0.3, 0.4) is 0 Å². The van der Waals surface area contributed by atoms with Gasteiger partial charge in [0.05, 0.1) is 25.0 Å². The van der Waals surface area contributed by atoms with Crippen molar-refractivity contribution in [1.82, 2.24) is 0 Å². The number of nitrogens with one attached hydrogen (secondary N) is 1. The maximum absolute atomic E-state index is 11.4. The van der Waals surface area contributed by atoms with Crippen LogP contribution in [0.4, 0.5) is 10.5 Å². The highest BCUT2D eigenvalue weighted by molar-refractivity contribution is 5.99. The number of amides is 1. The Morgan fingerprint density at radius 2 is 2.00 bits per heavy atom. The monoisotopic (exact) mass is 237 g/mol. The summed E-state index contributed by atoms with van der Waals surface area (Å²) in [5, 5.41) is 2.50. The first-order chi connectivity index (χ1) is 8.19. The van der Waals surface area contributed by atoms with Crippen molar-refractivity contribution in [1.29, 1.82) is 0 Å². The average Bonchev–Trinajstić information content (AvgIpc) is 2.36.